The Labute approximate surface area is 67.4 Å². The smallest absolute Gasteiger partial charge is 0.338 e. The first-order chi connectivity index (χ1) is 5.79. The summed E-state index contributed by atoms with van der Waals surface area (Å²) in [6, 6.07) is 4.90. The number of hydrogen-bond acceptors (Lipinski definition) is 3. The van der Waals surface area contributed by atoms with E-state index in [1.165, 1.54) is 12.3 Å². The number of carboxylic acid groups (broad SMARTS) is 1. The topological polar surface area (TPSA) is 63.3 Å². The maximum absolute atomic E-state index is 10.6. The van der Waals surface area contributed by atoms with Crippen LogP contribution in [-0.2, 0) is 0 Å². The van der Waals surface area contributed by atoms with Gasteiger partial charge in [-0.2, -0.15) is 0 Å². The van der Waals surface area contributed by atoms with Crippen LogP contribution in [0.4, 0.5) is 0 Å². The zero-order chi connectivity index (χ0) is 8.55. The number of aromatic carboxylic acids is 1. The molecule has 1 heterocycles. The van der Waals surface area contributed by atoms with Gasteiger partial charge in [-0.25, -0.2) is 4.79 Å². The van der Waals surface area contributed by atoms with Gasteiger partial charge in [0.2, 0.25) is 0 Å². The average Bonchev–Trinajstić information content (AvgIpc) is 2.49. The van der Waals surface area contributed by atoms with Gasteiger partial charge in [0.05, 0.1) is 5.56 Å². The summed E-state index contributed by atoms with van der Waals surface area (Å²) in [4.78, 5) is 10.6. The van der Waals surface area contributed by atoms with Gasteiger partial charge in [0, 0.05) is 5.39 Å². The Bertz CT molecular complexity index is 433. The first-order valence-corrected chi connectivity index (χ1v) is 3.35. The van der Waals surface area contributed by atoms with Gasteiger partial charge in [0.25, 0.3) is 0 Å². The van der Waals surface area contributed by atoms with Gasteiger partial charge in [-0.1, -0.05) is 11.2 Å². The quantitative estimate of drug-likeness (QED) is 0.692. The zero-order valence-corrected chi connectivity index (χ0v) is 6.02. The fourth-order valence-electron chi connectivity index (χ4n) is 1.07. The molecule has 0 aliphatic rings. The van der Waals surface area contributed by atoms with E-state index >= 15 is 0 Å². The highest BCUT2D eigenvalue weighted by molar-refractivity contribution is 6.01. The predicted molar refractivity (Wildman–Crippen MR) is 41.0 cm³/mol. The fourth-order valence-corrected chi connectivity index (χ4v) is 1.07. The van der Waals surface area contributed by atoms with E-state index in [0.29, 0.717) is 10.9 Å². The molecule has 0 bridgehead atoms. The molecule has 12 heavy (non-hydrogen) atoms. The van der Waals surface area contributed by atoms with Crippen LogP contribution in [0.2, 0.25) is 0 Å². The Morgan fingerprint density at radius 2 is 2.33 bits per heavy atom. The Hall–Kier alpha value is -1.84. The van der Waals surface area contributed by atoms with E-state index in [1.807, 2.05) is 0 Å². The molecule has 0 aliphatic heterocycles. The molecular weight excluding hydrogens is 158 g/mol. The zero-order valence-electron chi connectivity index (χ0n) is 6.02. The van der Waals surface area contributed by atoms with Crippen molar-refractivity contribution in [2.24, 2.45) is 0 Å². The Morgan fingerprint density at radius 3 is 3.08 bits per heavy atom. The number of benzene rings is 1. The second kappa shape index (κ2) is 2.34. The molecule has 0 fully saturated rings. The molecule has 2 aromatic rings. The van der Waals surface area contributed by atoms with Crippen LogP contribution in [0.1, 0.15) is 10.4 Å². The number of carboxylic acids is 1. The normalized spacial score (nSPS) is 10.3. The summed E-state index contributed by atoms with van der Waals surface area (Å²) in [5.74, 6) is -0.991. The van der Waals surface area contributed by atoms with E-state index in [-0.39, 0.29) is 5.56 Å². The molecular formula is C8H5NO3. The lowest BCUT2D eigenvalue weighted by molar-refractivity contribution is 0.0698. The fraction of sp³-hybridized carbons (Fsp3) is 0. The van der Waals surface area contributed by atoms with Crippen LogP contribution in [0.3, 0.4) is 0 Å². The van der Waals surface area contributed by atoms with Crippen LogP contribution >= 0.6 is 0 Å². The Morgan fingerprint density at radius 1 is 1.50 bits per heavy atom. The molecule has 2 rings (SSSR count). The third kappa shape index (κ3) is 0.852. The Kier molecular flexibility index (Phi) is 1.33. The van der Waals surface area contributed by atoms with E-state index in [2.05, 4.69) is 9.68 Å². The highest BCUT2D eigenvalue weighted by atomic mass is 16.5. The van der Waals surface area contributed by atoms with Gasteiger partial charge in [-0.3, -0.25) is 0 Å². The summed E-state index contributed by atoms with van der Waals surface area (Å²) in [6.45, 7) is 0. The number of aromatic nitrogens is 1. The van der Waals surface area contributed by atoms with Crippen LogP contribution in [0.15, 0.2) is 29.0 Å². The molecule has 0 saturated carbocycles. The molecule has 0 radical (unpaired) electrons. The molecule has 0 aliphatic carbocycles. The lowest BCUT2D eigenvalue weighted by atomic mass is 10.1. The monoisotopic (exact) mass is 163 g/mol. The van der Waals surface area contributed by atoms with Crippen LogP contribution in [0.5, 0.6) is 0 Å². The molecule has 4 nitrogen and oxygen atoms in total. The van der Waals surface area contributed by atoms with E-state index in [4.69, 9.17) is 5.11 Å². The lowest BCUT2D eigenvalue weighted by Crippen LogP contribution is -1.96. The van der Waals surface area contributed by atoms with Gasteiger partial charge in [0.15, 0.2) is 0 Å². The SMILES string of the molecule is O=C(O)c1cccc2conc12. The van der Waals surface area contributed by atoms with Crippen molar-refractivity contribution in [3.05, 3.63) is 30.0 Å². The van der Waals surface area contributed by atoms with Crippen molar-refractivity contribution < 1.29 is 14.4 Å². The molecule has 1 N–H and O–H groups in total. The van der Waals surface area contributed by atoms with Crippen molar-refractivity contribution in [1.82, 2.24) is 5.16 Å². The molecule has 0 unspecified atom stereocenters. The highest BCUT2D eigenvalue weighted by Gasteiger charge is 2.09. The minimum atomic E-state index is -0.991. The molecule has 4 heteroatoms. The van der Waals surface area contributed by atoms with Crippen molar-refractivity contribution >= 4 is 16.9 Å². The van der Waals surface area contributed by atoms with Crippen molar-refractivity contribution in [1.29, 1.82) is 0 Å². The van der Waals surface area contributed by atoms with Gasteiger partial charge in [-0.15, -0.1) is 0 Å². The number of rotatable bonds is 1. The second-order valence-corrected chi connectivity index (χ2v) is 2.36. The third-order valence-corrected chi connectivity index (χ3v) is 1.62. The van der Waals surface area contributed by atoms with Crippen molar-refractivity contribution in [3.63, 3.8) is 0 Å². The number of nitrogens with zero attached hydrogens (tertiary/aromatic N) is 1. The highest BCUT2D eigenvalue weighted by Crippen LogP contribution is 2.16. The van der Waals surface area contributed by atoms with Crippen molar-refractivity contribution in [2.45, 2.75) is 0 Å². The van der Waals surface area contributed by atoms with Crippen LogP contribution in [0.25, 0.3) is 10.9 Å². The molecule has 1 aromatic carbocycles. The van der Waals surface area contributed by atoms with Gasteiger partial charge in [0.1, 0.15) is 11.8 Å². The molecule has 60 valence electrons. The van der Waals surface area contributed by atoms with E-state index in [1.54, 1.807) is 12.1 Å². The van der Waals surface area contributed by atoms with Crippen LogP contribution in [0, 0.1) is 0 Å². The summed E-state index contributed by atoms with van der Waals surface area (Å²) in [7, 11) is 0. The summed E-state index contributed by atoms with van der Waals surface area (Å²) >= 11 is 0. The maximum Gasteiger partial charge on any atom is 0.338 e. The Balaban J connectivity index is 2.82. The van der Waals surface area contributed by atoms with E-state index < -0.39 is 5.97 Å². The van der Waals surface area contributed by atoms with Crippen LogP contribution in [-0.4, -0.2) is 16.2 Å². The van der Waals surface area contributed by atoms with Gasteiger partial charge in [-0.05, 0) is 12.1 Å². The summed E-state index contributed by atoms with van der Waals surface area (Å²) in [5.41, 5.74) is 0.561. The number of fused-ring (bicyclic) bond motifs is 1. The molecule has 1 aromatic heterocycles. The summed E-state index contributed by atoms with van der Waals surface area (Å²) < 4.78 is 4.64. The molecule has 0 amide bonds. The molecule has 0 atom stereocenters. The second-order valence-electron chi connectivity index (χ2n) is 2.36. The largest absolute Gasteiger partial charge is 0.478 e. The minimum absolute atomic E-state index is 0.168. The molecule has 0 spiro atoms. The van der Waals surface area contributed by atoms with Crippen molar-refractivity contribution in [2.75, 3.05) is 0 Å². The predicted octanol–water partition coefficient (Wildman–Crippen LogP) is 1.53. The first kappa shape index (κ1) is 6.84. The van der Waals surface area contributed by atoms with Gasteiger partial charge >= 0.3 is 5.97 Å². The average molecular weight is 163 g/mol. The maximum atomic E-state index is 10.6. The third-order valence-electron chi connectivity index (χ3n) is 1.62. The van der Waals surface area contributed by atoms with Crippen LogP contribution < -0.4 is 0 Å². The van der Waals surface area contributed by atoms with E-state index in [9.17, 15) is 4.79 Å². The number of hydrogen-bond donors (Lipinski definition) is 1. The summed E-state index contributed by atoms with van der Waals surface area (Å²) in [6.07, 6.45) is 1.42. The minimum Gasteiger partial charge on any atom is -0.478 e. The number of carbonyl (C=O) groups is 1. The lowest BCUT2D eigenvalue weighted by Gasteiger charge is -1.91. The standard InChI is InChI=1S/C8H5NO3/c10-8(11)6-3-1-2-5-4-12-9-7(5)6/h1-4H,(H,10,11). The molecule has 0 saturated heterocycles. The van der Waals surface area contributed by atoms with Crippen molar-refractivity contribution in [3.8, 4) is 0 Å². The summed E-state index contributed by atoms with van der Waals surface area (Å²) in [5, 5.41) is 13.0. The van der Waals surface area contributed by atoms with Gasteiger partial charge < -0.3 is 9.63 Å². The van der Waals surface area contributed by atoms with E-state index in [0.717, 1.165) is 0 Å². The first-order valence-electron chi connectivity index (χ1n) is 3.35.